The maximum atomic E-state index is 12.5. The second kappa shape index (κ2) is 11.1. The van der Waals surface area contributed by atoms with Gasteiger partial charge in [-0.25, -0.2) is 0 Å². The molecule has 1 aliphatic carbocycles. The molecule has 1 aromatic heterocycles. The number of carbonyl (C=O) groups is 2. The highest BCUT2D eigenvalue weighted by Crippen LogP contribution is 2.26. The van der Waals surface area contributed by atoms with Gasteiger partial charge in [0.2, 0.25) is 5.91 Å². The minimum atomic E-state index is -0.727. The predicted octanol–water partition coefficient (Wildman–Crippen LogP) is 3.48. The van der Waals surface area contributed by atoms with E-state index in [0.717, 1.165) is 43.4 Å². The van der Waals surface area contributed by atoms with Gasteiger partial charge in [0.15, 0.2) is 0 Å². The van der Waals surface area contributed by atoms with Crippen molar-refractivity contribution in [2.75, 3.05) is 11.9 Å². The Hall–Kier alpha value is -2.15. The van der Waals surface area contributed by atoms with Gasteiger partial charge in [-0.1, -0.05) is 31.4 Å². The van der Waals surface area contributed by atoms with Crippen molar-refractivity contribution in [1.82, 2.24) is 10.3 Å². The SMILES string of the molecule is CN(C(=O)c1ccncc1)c1ccc(CNC(=O)C2(N)CCCCC2)cc1.Cl.Cl. The van der Waals surface area contributed by atoms with Crippen molar-refractivity contribution in [2.24, 2.45) is 5.73 Å². The Morgan fingerprint density at radius 1 is 1.03 bits per heavy atom. The van der Waals surface area contributed by atoms with Gasteiger partial charge in [0, 0.05) is 37.2 Å². The van der Waals surface area contributed by atoms with E-state index in [9.17, 15) is 9.59 Å². The van der Waals surface area contributed by atoms with Gasteiger partial charge in [-0.3, -0.25) is 14.6 Å². The van der Waals surface area contributed by atoms with Gasteiger partial charge in [0.05, 0.1) is 5.54 Å². The molecule has 2 aromatic rings. The largest absolute Gasteiger partial charge is 0.350 e. The second-order valence-corrected chi connectivity index (χ2v) is 7.17. The molecule has 0 spiro atoms. The van der Waals surface area contributed by atoms with Crippen LogP contribution in [0.5, 0.6) is 0 Å². The van der Waals surface area contributed by atoms with E-state index in [2.05, 4.69) is 10.3 Å². The number of nitrogens with one attached hydrogen (secondary N) is 1. The molecule has 2 amide bonds. The van der Waals surface area contributed by atoms with Gasteiger partial charge < -0.3 is 16.0 Å². The van der Waals surface area contributed by atoms with Crippen molar-refractivity contribution >= 4 is 42.3 Å². The molecule has 8 heteroatoms. The summed E-state index contributed by atoms with van der Waals surface area (Å²) < 4.78 is 0. The molecular formula is C21H28Cl2N4O2. The molecular weight excluding hydrogens is 411 g/mol. The maximum absolute atomic E-state index is 12.5. The molecule has 3 rings (SSSR count). The lowest BCUT2D eigenvalue weighted by Crippen LogP contribution is -2.54. The van der Waals surface area contributed by atoms with Gasteiger partial charge >= 0.3 is 0 Å². The first-order valence-corrected chi connectivity index (χ1v) is 9.34. The van der Waals surface area contributed by atoms with Crippen LogP contribution in [0.1, 0.15) is 48.0 Å². The van der Waals surface area contributed by atoms with Crippen LogP contribution >= 0.6 is 24.8 Å². The number of nitrogens with zero attached hydrogens (tertiary/aromatic N) is 2. The van der Waals surface area contributed by atoms with E-state index in [0.29, 0.717) is 12.1 Å². The van der Waals surface area contributed by atoms with Gasteiger partial charge in [0.25, 0.3) is 5.91 Å². The van der Waals surface area contributed by atoms with E-state index in [4.69, 9.17) is 5.73 Å². The summed E-state index contributed by atoms with van der Waals surface area (Å²) in [7, 11) is 1.74. The number of pyridine rings is 1. The molecule has 0 atom stereocenters. The quantitative estimate of drug-likeness (QED) is 0.747. The minimum absolute atomic E-state index is 0. The first kappa shape index (κ1) is 24.9. The molecule has 3 N–H and O–H groups in total. The number of carbonyl (C=O) groups excluding carboxylic acids is 2. The number of rotatable bonds is 5. The second-order valence-electron chi connectivity index (χ2n) is 7.17. The summed E-state index contributed by atoms with van der Waals surface area (Å²) in [6.07, 6.45) is 7.87. The lowest BCUT2D eigenvalue weighted by molar-refractivity contribution is -0.127. The lowest BCUT2D eigenvalue weighted by Gasteiger charge is -2.31. The van der Waals surface area contributed by atoms with Gasteiger partial charge in [-0.15, -0.1) is 24.8 Å². The van der Waals surface area contributed by atoms with Crippen LogP contribution in [-0.4, -0.2) is 29.4 Å². The molecule has 1 heterocycles. The minimum Gasteiger partial charge on any atom is -0.350 e. The average molecular weight is 439 g/mol. The molecule has 1 fully saturated rings. The number of hydrogen-bond acceptors (Lipinski definition) is 4. The van der Waals surface area contributed by atoms with Crippen LogP contribution in [0.15, 0.2) is 48.8 Å². The summed E-state index contributed by atoms with van der Waals surface area (Å²) >= 11 is 0. The molecule has 29 heavy (non-hydrogen) atoms. The monoisotopic (exact) mass is 438 g/mol. The van der Waals surface area contributed by atoms with Crippen LogP contribution in [0.2, 0.25) is 0 Å². The first-order chi connectivity index (χ1) is 13.0. The molecule has 0 saturated heterocycles. The molecule has 1 aromatic carbocycles. The standard InChI is InChI=1S/C21H26N4O2.2ClH/c1-25(19(26)17-9-13-23-14-10-17)18-7-5-16(6-8-18)15-24-20(27)21(22)11-3-2-4-12-21;;/h5-10,13-14H,2-4,11-12,15,22H2,1H3,(H,24,27);2*1H. The van der Waals surface area contributed by atoms with Crippen molar-refractivity contribution in [3.8, 4) is 0 Å². The summed E-state index contributed by atoms with van der Waals surface area (Å²) in [5.74, 6) is -0.169. The summed E-state index contributed by atoms with van der Waals surface area (Å²) in [6.45, 7) is 0.431. The molecule has 0 radical (unpaired) electrons. The van der Waals surface area contributed by atoms with Gasteiger partial charge in [-0.2, -0.15) is 0 Å². The van der Waals surface area contributed by atoms with E-state index < -0.39 is 5.54 Å². The van der Waals surface area contributed by atoms with Crippen LogP contribution in [0.4, 0.5) is 5.69 Å². The van der Waals surface area contributed by atoms with E-state index in [1.54, 1.807) is 36.5 Å². The molecule has 158 valence electrons. The van der Waals surface area contributed by atoms with Crippen LogP contribution < -0.4 is 16.0 Å². The van der Waals surface area contributed by atoms with Crippen molar-refractivity contribution < 1.29 is 9.59 Å². The Labute approximate surface area is 184 Å². The zero-order valence-electron chi connectivity index (χ0n) is 16.5. The van der Waals surface area contributed by atoms with Gasteiger partial charge in [0.1, 0.15) is 0 Å². The van der Waals surface area contributed by atoms with E-state index in [1.807, 2.05) is 24.3 Å². The van der Waals surface area contributed by atoms with Crippen molar-refractivity contribution in [2.45, 2.75) is 44.2 Å². The number of nitrogens with two attached hydrogens (primary N) is 1. The Kier molecular flexibility index (Phi) is 9.56. The number of amides is 2. The van der Waals surface area contributed by atoms with Crippen LogP contribution in [0.3, 0.4) is 0 Å². The summed E-state index contributed by atoms with van der Waals surface area (Å²) in [5.41, 5.74) is 7.87. The average Bonchev–Trinajstić information content (AvgIpc) is 2.72. The third-order valence-electron chi connectivity index (χ3n) is 5.21. The van der Waals surface area contributed by atoms with Crippen molar-refractivity contribution in [1.29, 1.82) is 0 Å². The van der Waals surface area contributed by atoms with Gasteiger partial charge in [-0.05, 0) is 42.7 Å². The zero-order chi connectivity index (χ0) is 19.3. The Bertz CT molecular complexity index is 794. The maximum Gasteiger partial charge on any atom is 0.258 e. The number of aromatic nitrogens is 1. The molecule has 0 aliphatic heterocycles. The van der Waals surface area contributed by atoms with Crippen LogP contribution in [0, 0.1) is 0 Å². The smallest absolute Gasteiger partial charge is 0.258 e. The zero-order valence-corrected chi connectivity index (χ0v) is 18.1. The normalized spacial score (nSPS) is 14.7. The fourth-order valence-electron chi connectivity index (χ4n) is 3.41. The molecule has 1 aliphatic rings. The summed E-state index contributed by atoms with van der Waals surface area (Å²) in [6, 6.07) is 11.0. The van der Waals surface area contributed by atoms with Crippen molar-refractivity contribution in [3.05, 3.63) is 59.9 Å². The van der Waals surface area contributed by atoms with E-state index in [-0.39, 0.29) is 36.6 Å². The number of benzene rings is 1. The molecule has 1 saturated carbocycles. The summed E-state index contributed by atoms with van der Waals surface area (Å²) in [4.78, 5) is 30.4. The molecule has 0 bridgehead atoms. The van der Waals surface area contributed by atoms with Crippen molar-refractivity contribution in [3.63, 3.8) is 0 Å². The molecule has 6 nitrogen and oxygen atoms in total. The fraction of sp³-hybridized carbons (Fsp3) is 0.381. The topological polar surface area (TPSA) is 88.3 Å². The lowest BCUT2D eigenvalue weighted by atomic mass is 9.82. The highest BCUT2D eigenvalue weighted by atomic mass is 35.5. The number of anilines is 1. The van der Waals surface area contributed by atoms with E-state index in [1.165, 1.54) is 0 Å². The van der Waals surface area contributed by atoms with Crippen LogP contribution in [-0.2, 0) is 11.3 Å². The third kappa shape index (κ3) is 6.16. The molecule has 0 unspecified atom stereocenters. The fourth-order valence-corrected chi connectivity index (χ4v) is 3.41. The van der Waals surface area contributed by atoms with Crippen LogP contribution in [0.25, 0.3) is 0 Å². The Morgan fingerprint density at radius 2 is 1.62 bits per heavy atom. The first-order valence-electron chi connectivity index (χ1n) is 9.34. The predicted molar refractivity (Wildman–Crippen MR) is 120 cm³/mol. The number of hydrogen-bond donors (Lipinski definition) is 2. The van der Waals surface area contributed by atoms with E-state index >= 15 is 0 Å². The highest BCUT2D eigenvalue weighted by Gasteiger charge is 2.34. The Morgan fingerprint density at radius 3 is 2.21 bits per heavy atom. The Balaban J connectivity index is 0.00000210. The highest BCUT2D eigenvalue weighted by molar-refractivity contribution is 6.05. The number of halogens is 2. The third-order valence-corrected chi connectivity index (χ3v) is 5.21. The summed E-state index contributed by atoms with van der Waals surface area (Å²) in [5, 5.41) is 2.96.